The zero-order valence-electron chi connectivity index (χ0n) is 13.3. The van der Waals surface area contributed by atoms with Crippen molar-refractivity contribution < 1.29 is 22.4 Å². The lowest BCUT2D eigenvalue weighted by atomic mass is 10.1. The van der Waals surface area contributed by atoms with Gasteiger partial charge in [-0.05, 0) is 42.0 Å². The Morgan fingerprint density at radius 2 is 1.77 bits per heavy atom. The van der Waals surface area contributed by atoms with Crippen molar-refractivity contribution in [1.29, 1.82) is 0 Å². The summed E-state index contributed by atoms with van der Waals surface area (Å²) in [6, 6.07) is 12.0. The molecule has 0 atom stereocenters. The minimum absolute atomic E-state index is 0.0355. The maximum absolute atomic E-state index is 13.0. The van der Waals surface area contributed by atoms with Crippen molar-refractivity contribution in [3.63, 3.8) is 0 Å². The summed E-state index contributed by atoms with van der Waals surface area (Å²) in [5.41, 5.74) is 0.285. The Labute approximate surface area is 145 Å². The highest BCUT2D eigenvalue weighted by atomic mass is 19.4. The van der Waals surface area contributed by atoms with Crippen LogP contribution in [-0.4, -0.2) is 16.1 Å². The van der Waals surface area contributed by atoms with Crippen LogP contribution >= 0.6 is 0 Å². The van der Waals surface area contributed by atoms with Crippen LogP contribution in [0.15, 0.2) is 54.6 Å². The van der Waals surface area contributed by atoms with Crippen molar-refractivity contribution in [2.45, 2.75) is 12.7 Å². The van der Waals surface area contributed by atoms with Gasteiger partial charge in [-0.1, -0.05) is 18.2 Å². The minimum Gasteiger partial charge on any atom is -0.347 e. The molecule has 0 bridgehead atoms. The Morgan fingerprint density at radius 3 is 2.46 bits per heavy atom. The van der Waals surface area contributed by atoms with Crippen LogP contribution < -0.4 is 5.32 Å². The molecule has 0 aliphatic heterocycles. The Bertz CT molecular complexity index is 917. The van der Waals surface area contributed by atoms with E-state index in [4.69, 9.17) is 0 Å². The molecule has 0 spiro atoms. The average molecular weight is 363 g/mol. The van der Waals surface area contributed by atoms with Gasteiger partial charge in [0.15, 0.2) is 0 Å². The summed E-state index contributed by atoms with van der Waals surface area (Å²) in [5.74, 6) is -0.992. The van der Waals surface area contributed by atoms with Crippen LogP contribution in [-0.2, 0) is 12.7 Å². The number of alkyl halides is 3. The monoisotopic (exact) mass is 363 g/mol. The third-order valence-corrected chi connectivity index (χ3v) is 3.72. The molecule has 4 nitrogen and oxygen atoms in total. The molecule has 1 aromatic heterocycles. The van der Waals surface area contributed by atoms with Gasteiger partial charge in [-0.25, -0.2) is 4.39 Å². The summed E-state index contributed by atoms with van der Waals surface area (Å²) in [6.45, 7) is -0.278. The number of amides is 1. The second-order valence-electron chi connectivity index (χ2n) is 5.51. The van der Waals surface area contributed by atoms with Crippen LogP contribution in [0.5, 0.6) is 0 Å². The largest absolute Gasteiger partial charge is 0.416 e. The molecule has 2 aromatic carbocycles. The molecule has 0 saturated heterocycles. The highest BCUT2D eigenvalue weighted by Gasteiger charge is 2.32. The maximum atomic E-state index is 13.0. The third-order valence-electron chi connectivity index (χ3n) is 3.72. The number of hydrogen-bond donors (Lipinski definition) is 2. The van der Waals surface area contributed by atoms with Crippen molar-refractivity contribution in [2.24, 2.45) is 0 Å². The summed E-state index contributed by atoms with van der Waals surface area (Å²) in [6.07, 6.45) is -4.49. The fraction of sp³-hybridized carbons (Fsp3) is 0.111. The smallest absolute Gasteiger partial charge is 0.347 e. The Balaban J connectivity index is 1.71. The molecule has 134 valence electrons. The Morgan fingerprint density at radius 1 is 1.08 bits per heavy atom. The molecular formula is C18H13F4N3O. The summed E-state index contributed by atoms with van der Waals surface area (Å²) in [5, 5.41) is 8.91. The molecular weight excluding hydrogens is 350 g/mol. The van der Waals surface area contributed by atoms with Gasteiger partial charge in [-0.3, -0.25) is 9.89 Å². The van der Waals surface area contributed by atoms with Crippen LogP contribution in [0.2, 0.25) is 0 Å². The van der Waals surface area contributed by atoms with Gasteiger partial charge in [0.25, 0.3) is 5.91 Å². The lowest BCUT2D eigenvalue weighted by Crippen LogP contribution is -2.24. The number of rotatable bonds is 4. The van der Waals surface area contributed by atoms with E-state index in [1.165, 1.54) is 48.5 Å². The van der Waals surface area contributed by atoms with Crippen molar-refractivity contribution in [2.75, 3.05) is 0 Å². The zero-order chi connectivity index (χ0) is 18.7. The molecule has 1 amide bonds. The first-order chi connectivity index (χ1) is 12.3. The molecule has 0 aliphatic carbocycles. The molecule has 0 fully saturated rings. The van der Waals surface area contributed by atoms with Crippen molar-refractivity contribution >= 4 is 5.91 Å². The average Bonchev–Trinajstić information content (AvgIpc) is 3.10. The first kappa shape index (κ1) is 17.7. The summed E-state index contributed by atoms with van der Waals surface area (Å²) in [4.78, 5) is 12.2. The van der Waals surface area contributed by atoms with Gasteiger partial charge in [0.2, 0.25) is 0 Å². The maximum Gasteiger partial charge on any atom is 0.416 e. The van der Waals surface area contributed by atoms with Crippen LogP contribution in [0.25, 0.3) is 11.3 Å². The van der Waals surface area contributed by atoms with Crippen molar-refractivity contribution in [3.8, 4) is 11.3 Å². The lowest BCUT2D eigenvalue weighted by Gasteiger charge is -2.12. The zero-order valence-corrected chi connectivity index (χ0v) is 13.3. The number of carbonyl (C=O) groups excluding carboxylic acids is 1. The van der Waals surface area contributed by atoms with Crippen LogP contribution in [0, 0.1) is 5.82 Å². The predicted molar refractivity (Wildman–Crippen MR) is 86.6 cm³/mol. The molecule has 26 heavy (non-hydrogen) atoms. The highest BCUT2D eigenvalue weighted by molar-refractivity contribution is 5.93. The molecule has 0 saturated carbocycles. The second-order valence-corrected chi connectivity index (χ2v) is 5.51. The second kappa shape index (κ2) is 6.99. The summed E-state index contributed by atoms with van der Waals surface area (Å²) >= 11 is 0. The van der Waals surface area contributed by atoms with Gasteiger partial charge in [0.1, 0.15) is 11.5 Å². The lowest BCUT2D eigenvalue weighted by molar-refractivity contribution is -0.138. The van der Waals surface area contributed by atoms with Gasteiger partial charge in [-0.2, -0.15) is 18.3 Å². The first-order valence-corrected chi connectivity index (χ1v) is 7.59. The molecule has 2 N–H and O–H groups in total. The normalized spacial score (nSPS) is 11.4. The summed E-state index contributed by atoms with van der Waals surface area (Å²) < 4.78 is 51.8. The molecule has 3 rings (SSSR count). The number of aromatic nitrogens is 2. The van der Waals surface area contributed by atoms with E-state index < -0.39 is 23.5 Å². The van der Waals surface area contributed by atoms with E-state index >= 15 is 0 Å². The van der Waals surface area contributed by atoms with E-state index in [1.807, 2.05) is 0 Å². The first-order valence-electron chi connectivity index (χ1n) is 7.59. The SMILES string of the molecule is O=C(NCc1ccccc1C(F)(F)F)c1cc(-c2ccc(F)cc2)n[nH]1. The fourth-order valence-corrected chi connectivity index (χ4v) is 2.43. The van der Waals surface area contributed by atoms with E-state index in [9.17, 15) is 22.4 Å². The molecule has 0 aliphatic rings. The number of halogens is 4. The third kappa shape index (κ3) is 3.90. The standard InChI is InChI=1S/C18H13F4N3O/c19-13-7-5-11(6-8-13)15-9-16(25-24-15)17(26)23-10-12-3-1-2-4-14(12)18(20,21)22/h1-9H,10H2,(H,23,26)(H,24,25). The predicted octanol–water partition coefficient (Wildman–Crippen LogP) is 4.16. The molecule has 0 unspecified atom stereocenters. The number of nitrogens with one attached hydrogen (secondary N) is 2. The van der Waals surface area contributed by atoms with Gasteiger partial charge in [-0.15, -0.1) is 0 Å². The van der Waals surface area contributed by atoms with Gasteiger partial charge < -0.3 is 5.32 Å². The van der Waals surface area contributed by atoms with E-state index in [0.29, 0.717) is 11.3 Å². The minimum atomic E-state index is -4.49. The van der Waals surface area contributed by atoms with Gasteiger partial charge in [0, 0.05) is 12.1 Å². The van der Waals surface area contributed by atoms with E-state index in [-0.39, 0.29) is 17.8 Å². The van der Waals surface area contributed by atoms with E-state index in [2.05, 4.69) is 15.5 Å². The van der Waals surface area contributed by atoms with Gasteiger partial charge in [0.05, 0.1) is 11.3 Å². The van der Waals surface area contributed by atoms with E-state index in [1.54, 1.807) is 0 Å². The van der Waals surface area contributed by atoms with Crippen molar-refractivity contribution in [3.05, 3.63) is 77.2 Å². The number of nitrogens with zero attached hydrogens (tertiary/aromatic N) is 1. The number of aromatic amines is 1. The number of carbonyl (C=O) groups is 1. The quantitative estimate of drug-likeness (QED) is 0.684. The van der Waals surface area contributed by atoms with Crippen molar-refractivity contribution in [1.82, 2.24) is 15.5 Å². The van der Waals surface area contributed by atoms with Gasteiger partial charge >= 0.3 is 6.18 Å². The molecule has 1 heterocycles. The fourth-order valence-electron chi connectivity index (χ4n) is 2.43. The number of H-pyrrole nitrogens is 1. The highest BCUT2D eigenvalue weighted by Crippen LogP contribution is 2.31. The Kier molecular flexibility index (Phi) is 4.75. The molecule has 3 aromatic rings. The Hall–Kier alpha value is -3.16. The van der Waals surface area contributed by atoms with E-state index in [0.717, 1.165) is 6.07 Å². The van der Waals surface area contributed by atoms with Crippen LogP contribution in [0.4, 0.5) is 17.6 Å². The molecule has 0 radical (unpaired) electrons. The molecule has 8 heteroatoms. The summed E-state index contributed by atoms with van der Waals surface area (Å²) in [7, 11) is 0. The number of hydrogen-bond acceptors (Lipinski definition) is 2. The number of benzene rings is 2. The van der Waals surface area contributed by atoms with Crippen LogP contribution in [0.1, 0.15) is 21.6 Å². The van der Waals surface area contributed by atoms with Crippen LogP contribution in [0.3, 0.4) is 0 Å². The topological polar surface area (TPSA) is 57.8 Å².